The normalized spacial score (nSPS) is 10.5. The van der Waals surface area contributed by atoms with Crippen LogP contribution in [0.2, 0.25) is 0 Å². The Kier molecular flexibility index (Phi) is 4.27. The Bertz CT molecular complexity index is 539. The van der Waals surface area contributed by atoms with Crippen molar-refractivity contribution in [2.24, 2.45) is 7.05 Å². The Morgan fingerprint density at radius 2 is 2.16 bits per heavy atom. The third-order valence-corrected chi connectivity index (χ3v) is 2.61. The van der Waals surface area contributed by atoms with Gasteiger partial charge in [-0.05, 0) is 13.8 Å². The molecule has 0 atom stereocenters. The van der Waals surface area contributed by atoms with Crippen LogP contribution in [0.25, 0.3) is 0 Å². The summed E-state index contributed by atoms with van der Waals surface area (Å²) in [5.74, 6) is 2.22. The van der Waals surface area contributed by atoms with Crippen molar-refractivity contribution in [3.8, 4) is 5.88 Å². The van der Waals surface area contributed by atoms with Gasteiger partial charge in [-0.3, -0.25) is 4.68 Å². The van der Waals surface area contributed by atoms with Gasteiger partial charge in [-0.25, -0.2) is 15.0 Å². The number of anilines is 1. The molecule has 0 fully saturated rings. The summed E-state index contributed by atoms with van der Waals surface area (Å²) in [7, 11) is 1.85. The molecule has 0 aliphatic carbocycles. The van der Waals surface area contributed by atoms with Crippen molar-refractivity contribution >= 4 is 5.82 Å². The summed E-state index contributed by atoms with van der Waals surface area (Å²) >= 11 is 0. The van der Waals surface area contributed by atoms with Gasteiger partial charge in [0.05, 0.1) is 12.2 Å². The summed E-state index contributed by atoms with van der Waals surface area (Å²) in [4.78, 5) is 12.5. The van der Waals surface area contributed by atoms with Crippen LogP contribution in [0.3, 0.4) is 0 Å². The van der Waals surface area contributed by atoms with Crippen LogP contribution < -0.4 is 10.1 Å². The van der Waals surface area contributed by atoms with Crippen LogP contribution in [-0.2, 0) is 13.5 Å². The average molecular weight is 262 g/mol. The molecule has 19 heavy (non-hydrogen) atoms. The predicted molar refractivity (Wildman–Crippen MR) is 71.1 cm³/mol. The molecule has 0 saturated heterocycles. The average Bonchev–Trinajstić information content (AvgIpc) is 2.80. The topological polar surface area (TPSA) is 77.8 Å². The second-order valence-electron chi connectivity index (χ2n) is 4.10. The molecular weight excluding hydrogens is 244 g/mol. The van der Waals surface area contributed by atoms with Crippen LogP contribution in [0.15, 0.2) is 12.7 Å². The number of hydrogen-bond acceptors (Lipinski definition) is 6. The van der Waals surface area contributed by atoms with Crippen molar-refractivity contribution in [1.29, 1.82) is 0 Å². The molecule has 2 aromatic heterocycles. The third kappa shape index (κ3) is 3.40. The third-order valence-electron chi connectivity index (χ3n) is 2.61. The summed E-state index contributed by atoms with van der Waals surface area (Å²) in [5.41, 5.74) is 0.915. The van der Waals surface area contributed by atoms with E-state index in [1.54, 1.807) is 11.0 Å². The maximum Gasteiger partial charge on any atom is 0.221 e. The zero-order valence-corrected chi connectivity index (χ0v) is 11.4. The first-order valence-corrected chi connectivity index (χ1v) is 6.23. The molecule has 7 heteroatoms. The van der Waals surface area contributed by atoms with Gasteiger partial charge in [0, 0.05) is 20.0 Å². The zero-order chi connectivity index (χ0) is 13.7. The SMILES string of the molecule is CCOc1ncnc(NCCc2ncn(C)n2)c1C. The smallest absolute Gasteiger partial charge is 0.221 e. The van der Waals surface area contributed by atoms with Crippen LogP contribution >= 0.6 is 0 Å². The molecule has 0 unspecified atom stereocenters. The molecule has 2 heterocycles. The maximum absolute atomic E-state index is 5.43. The van der Waals surface area contributed by atoms with Gasteiger partial charge in [-0.1, -0.05) is 0 Å². The van der Waals surface area contributed by atoms with E-state index in [-0.39, 0.29) is 0 Å². The van der Waals surface area contributed by atoms with Gasteiger partial charge in [0.1, 0.15) is 18.5 Å². The van der Waals surface area contributed by atoms with Gasteiger partial charge >= 0.3 is 0 Å². The van der Waals surface area contributed by atoms with Gasteiger partial charge in [0.25, 0.3) is 0 Å². The molecule has 0 saturated carbocycles. The minimum Gasteiger partial charge on any atom is -0.478 e. The highest BCUT2D eigenvalue weighted by Gasteiger charge is 2.07. The van der Waals surface area contributed by atoms with Crippen LogP contribution in [0.1, 0.15) is 18.3 Å². The second kappa shape index (κ2) is 6.12. The van der Waals surface area contributed by atoms with Crippen molar-refractivity contribution in [3.05, 3.63) is 24.0 Å². The van der Waals surface area contributed by atoms with E-state index in [0.29, 0.717) is 19.0 Å². The first-order chi connectivity index (χ1) is 9.20. The summed E-state index contributed by atoms with van der Waals surface area (Å²) in [6.45, 7) is 5.18. The Balaban J connectivity index is 1.94. The second-order valence-corrected chi connectivity index (χ2v) is 4.10. The van der Waals surface area contributed by atoms with Gasteiger partial charge < -0.3 is 10.1 Å². The highest BCUT2D eigenvalue weighted by molar-refractivity contribution is 5.47. The van der Waals surface area contributed by atoms with E-state index in [0.717, 1.165) is 23.6 Å². The number of nitrogens with one attached hydrogen (secondary N) is 1. The van der Waals surface area contributed by atoms with E-state index >= 15 is 0 Å². The minimum absolute atomic E-state index is 0.592. The van der Waals surface area contributed by atoms with E-state index in [9.17, 15) is 0 Å². The number of aromatic nitrogens is 5. The summed E-state index contributed by atoms with van der Waals surface area (Å²) < 4.78 is 7.12. The lowest BCUT2D eigenvalue weighted by atomic mass is 10.3. The Morgan fingerprint density at radius 3 is 2.84 bits per heavy atom. The minimum atomic E-state index is 0.592. The zero-order valence-electron chi connectivity index (χ0n) is 11.4. The lowest BCUT2D eigenvalue weighted by molar-refractivity contribution is 0.324. The van der Waals surface area contributed by atoms with Crippen LogP contribution in [0, 0.1) is 6.92 Å². The molecule has 0 bridgehead atoms. The summed E-state index contributed by atoms with van der Waals surface area (Å²) in [6, 6.07) is 0. The molecule has 1 N–H and O–H groups in total. The Morgan fingerprint density at radius 1 is 1.32 bits per heavy atom. The molecule has 0 amide bonds. The number of hydrogen-bond donors (Lipinski definition) is 1. The molecular formula is C12H18N6O. The highest BCUT2D eigenvalue weighted by atomic mass is 16.5. The molecule has 0 aliphatic heterocycles. The first kappa shape index (κ1) is 13.3. The molecule has 0 radical (unpaired) electrons. The van der Waals surface area contributed by atoms with E-state index in [2.05, 4.69) is 25.4 Å². The van der Waals surface area contributed by atoms with E-state index in [1.807, 2.05) is 20.9 Å². The van der Waals surface area contributed by atoms with Crippen molar-refractivity contribution < 1.29 is 4.74 Å². The fourth-order valence-electron chi connectivity index (χ4n) is 1.69. The lowest BCUT2D eigenvalue weighted by Crippen LogP contribution is -2.10. The summed E-state index contributed by atoms with van der Waals surface area (Å²) in [6.07, 6.45) is 3.94. The molecule has 0 aliphatic rings. The molecule has 7 nitrogen and oxygen atoms in total. The molecule has 2 rings (SSSR count). The standard InChI is InChI=1S/C12H18N6O/c1-4-19-12-9(2)11(14-7-15-12)13-6-5-10-16-8-18(3)17-10/h7-8H,4-6H2,1-3H3,(H,13,14,15). The largest absolute Gasteiger partial charge is 0.478 e. The molecule has 102 valence electrons. The van der Waals surface area contributed by atoms with E-state index in [4.69, 9.17) is 4.74 Å². The van der Waals surface area contributed by atoms with Crippen molar-refractivity contribution in [2.45, 2.75) is 20.3 Å². The highest BCUT2D eigenvalue weighted by Crippen LogP contribution is 2.19. The van der Waals surface area contributed by atoms with E-state index < -0.39 is 0 Å². The van der Waals surface area contributed by atoms with Gasteiger partial charge in [0.2, 0.25) is 5.88 Å². The number of rotatable bonds is 6. The summed E-state index contributed by atoms with van der Waals surface area (Å²) in [5, 5.41) is 7.47. The van der Waals surface area contributed by atoms with Crippen molar-refractivity contribution in [2.75, 3.05) is 18.5 Å². The quantitative estimate of drug-likeness (QED) is 0.835. The molecule has 2 aromatic rings. The monoisotopic (exact) mass is 262 g/mol. The van der Waals surface area contributed by atoms with Crippen LogP contribution in [-0.4, -0.2) is 37.9 Å². The molecule has 0 spiro atoms. The number of aryl methyl sites for hydroxylation is 1. The van der Waals surface area contributed by atoms with Gasteiger partial charge in [-0.2, -0.15) is 5.10 Å². The van der Waals surface area contributed by atoms with Crippen LogP contribution in [0.5, 0.6) is 5.88 Å². The fourth-order valence-corrected chi connectivity index (χ4v) is 1.69. The van der Waals surface area contributed by atoms with Crippen LogP contribution in [0.4, 0.5) is 5.82 Å². The Hall–Kier alpha value is -2.18. The van der Waals surface area contributed by atoms with Crippen molar-refractivity contribution in [1.82, 2.24) is 24.7 Å². The van der Waals surface area contributed by atoms with Crippen molar-refractivity contribution in [3.63, 3.8) is 0 Å². The fraction of sp³-hybridized carbons (Fsp3) is 0.500. The maximum atomic E-state index is 5.43. The molecule has 0 aromatic carbocycles. The first-order valence-electron chi connectivity index (χ1n) is 6.23. The van der Waals surface area contributed by atoms with E-state index in [1.165, 1.54) is 6.33 Å². The number of ether oxygens (including phenoxy) is 1. The number of nitrogens with zero attached hydrogens (tertiary/aromatic N) is 5. The van der Waals surface area contributed by atoms with Gasteiger partial charge in [-0.15, -0.1) is 0 Å². The predicted octanol–water partition coefficient (Wildman–Crippen LogP) is 0.967. The lowest BCUT2D eigenvalue weighted by Gasteiger charge is -2.10. The van der Waals surface area contributed by atoms with Gasteiger partial charge in [0.15, 0.2) is 5.82 Å². The Labute approximate surface area is 112 Å².